The van der Waals surface area contributed by atoms with Gasteiger partial charge in [-0.25, -0.2) is 12.8 Å². The van der Waals surface area contributed by atoms with Gasteiger partial charge in [-0.1, -0.05) is 18.2 Å². The minimum absolute atomic E-state index is 0.300. The van der Waals surface area contributed by atoms with Gasteiger partial charge in [-0.2, -0.15) is 4.72 Å². The van der Waals surface area contributed by atoms with Crippen LogP contribution in [-0.4, -0.2) is 8.42 Å². The van der Waals surface area contributed by atoms with Crippen LogP contribution < -0.4 is 4.72 Å². The number of thiophene rings is 2. The molecule has 0 aliphatic rings. The first-order valence-electron chi connectivity index (χ1n) is 7.25. The maximum atomic E-state index is 13.2. The van der Waals surface area contributed by atoms with Gasteiger partial charge in [-0.3, -0.25) is 0 Å². The minimum atomic E-state index is -3.68. The Morgan fingerprint density at radius 2 is 1.83 bits per heavy atom. The monoisotopic (exact) mass is 381 g/mol. The second kappa shape index (κ2) is 6.76. The highest BCUT2D eigenvalue weighted by molar-refractivity contribution is 7.89. The molecule has 0 saturated heterocycles. The van der Waals surface area contributed by atoms with Crippen LogP contribution in [0.15, 0.2) is 52.7 Å². The summed E-state index contributed by atoms with van der Waals surface area (Å²) >= 11 is 2.91. The van der Waals surface area contributed by atoms with Crippen molar-refractivity contribution in [3.05, 3.63) is 73.9 Å². The molecular formula is C17H16FNO2S3. The van der Waals surface area contributed by atoms with E-state index in [1.807, 2.05) is 24.4 Å². The topological polar surface area (TPSA) is 46.2 Å². The summed E-state index contributed by atoms with van der Waals surface area (Å²) in [6, 6.07) is 10.8. The SMILES string of the molecule is Cc1cc(S(=O)(=O)N[C@H](c2ccc(F)cc2)c2cccs2)c(C)s1. The Kier molecular flexibility index (Phi) is 4.87. The van der Waals surface area contributed by atoms with Crippen molar-refractivity contribution in [3.8, 4) is 0 Å². The predicted octanol–water partition coefficient (Wildman–Crippen LogP) is 4.63. The van der Waals surface area contributed by atoms with E-state index in [4.69, 9.17) is 0 Å². The van der Waals surface area contributed by atoms with E-state index in [0.717, 1.165) is 14.6 Å². The Hall–Kier alpha value is -1.54. The Bertz CT molecular complexity index is 929. The first-order valence-corrected chi connectivity index (χ1v) is 10.4. The van der Waals surface area contributed by atoms with Gasteiger partial charge in [0.05, 0.1) is 10.9 Å². The van der Waals surface area contributed by atoms with E-state index in [9.17, 15) is 12.8 Å². The molecule has 0 unspecified atom stereocenters. The van der Waals surface area contributed by atoms with E-state index in [1.54, 1.807) is 25.1 Å². The highest BCUT2D eigenvalue weighted by Gasteiger charge is 2.26. The molecule has 24 heavy (non-hydrogen) atoms. The molecule has 1 aromatic carbocycles. The second-order valence-corrected chi connectivity index (χ2v) is 9.52. The molecular weight excluding hydrogens is 365 g/mol. The molecule has 1 N–H and O–H groups in total. The summed E-state index contributed by atoms with van der Waals surface area (Å²) in [4.78, 5) is 2.86. The Balaban J connectivity index is 2.01. The number of benzene rings is 1. The number of halogens is 1. The lowest BCUT2D eigenvalue weighted by atomic mass is 10.1. The fourth-order valence-electron chi connectivity index (χ4n) is 2.49. The van der Waals surface area contributed by atoms with Crippen LogP contribution in [0.25, 0.3) is 0 Å². The standard InChI is InChI=1S/C17H16FNO2S3/c1-11-10-16(12(2)23-11)24(20,21)19-17(15-4-3-9-22-15)13-5-7-14(18)8-6-13/h3-10,17,19H,1-2H3/t17-/m1/s1. The van der Waals surface area contributed by atoms with Crippen molar-refractivity contribution in [1.29, 1.82) is 0 Å². The van der Waals surface area contributed by atoms with Crippen molar-refractivity contribution in [2.45, 2.75) is 24.8 Å². The Morgan fingerprint density at radius 3 is 2.38 bits per heavy atom. The van der Waals surface area contributed by atoms with E-state index in [0.29, 0.717) is 10.5 Å². The third-order valence-electron chi connectivity index (χ3n) is 3.59. The normalized spacial score (nSPS) is 13.1. The van der Waals surface area contributed by atoms with E-state index >= 15 is 0 Å². The molecule has 0 radical (unpaired) electrons. The average molecular weight is 382 g/mol. The van der Waals surface area contributed by atoms with Crippen molar-refractivity contribution < 1.29 is 12.8 Å². The number of hydrogen-bond acceptors (Lipinski definition) is 4. The molecule has 2 heterocycles. The largest absolute Gasteiger partial charge is 0.242 e. The summed E-state index contributed by atoms with van der Waals surface area (Å²) in [6.07, 6.45) is 0. The van der Waals surface area contributed by atoms with Gasteiger partial charge in [-0.15, -0.1) is 22.7 Å². The third-order valence-corrected chi connectivity index (χ3v) is 7.17. The van der Waals surface area contributed by atoms with Crippen LogP contribution in [0.5, 0.6) is 0 Å². The van der Waals surface area contributed by atoms with Crippen LogP contribution in [0.3, 0.4) is 0 Å². The second-order valence-electron chi connectivity index (χ2n) is 5.40. The molecule has 0 aliphatic carbocycles. The van der Waals surface area contributed by atoms with Crippen molar-refractivity contribution in [2.75, 3.05) is 0 Å². The Labute approximate surface area is 148 Å². The smallest absolute Gasteiger partial charge is 0.207 e. The van der Waals surface area contributed by atoms with Crippen molar-refractivity contribution in [1.82, 2.24) is 4.72 Å². The van der Waals surface area contributed by atoms with Gasteiger partial charge in [0.15, 0.2) is 0 Å². The van der Waals surface area contributed by atoms with Gasteiger partial charge in [0.25, 0.3) is 0 Å². The van der Waals surface area contributed by atoms with Crippen molar-refractivity contribution in [3.63, 3.8) is 0 Å². The molecule has 3 rings (SSSR count). The van der Waals surface area contributed by atoms with Crippen LogP contribution in [-0.2, 0) is 10.0 Å². The number of sulfonamides is 1. The van der Waals surface area contributed by atoms with Crippen molar-refractivity contribution >= 4 is 32.7 Å². The average Bonchev–Trinajstić information content (AvgIpc) is 3.16. The number of hydrogen-bond donors (Lipinski definition) is 1. The minimum Gasteiger partial charge on any atom is -0.207 e. The summed E-state index contributed by atoms with van der Waals surface area (Å²) < 4.78 is 41.7. The first kappa shape index (κ1) is 17.3. The highest BCUT2D eigenvalue weighted by atomic mass is 32.2. The fraction of sp³-hybridized carbons (Fsp3) is 0.176. The van der Waals surface area contributed by atoms with E-state index < -0.39 is 16.1 Å². The zero-order valence-corrected chi connectivity index (χ0v) is 15.6. The fourth-order valence-corrected chi connectivity index (χ4v) is 6.13. The van der Waals surface area contributed by atoms with Gasteiger partial charge in [-0.05, 0) is 49.1 Å². The summed E-state index contributed by atoms with van der Waals surface area (Å²) in [7, 11) is -3.68. The first-order chi connectivity index (χ1) is 11.4. The molecule has 0 aliphatic heterocycles. The summed E-state index contributed by atoms with van der Waals surface area (Å²) in [5, 5.41) is 1.89. The lowest BCUT2D eigenvalue weighted by molar-refractivity contribution is 0.573. The summed E-state index contributed by atoms with van der Waals surface area (Å²) in [5.41, 5.74) is 0.701. The molecule has 0 fully saturated rings. The van der Waals surface area contributed by atoms with Crippen LogP contribution in [0.2, 0.25) is 0 Å². The zero-order chi connectivity index (χ0) is 17.3. The van der Waals surface area contributed by atoms with Crippen LogP contribution in [0.1, 0.15) is 26.2 Å². The summed E-state index contributed by atoms with van der Waals surface area (Å²) in [5.74, 6) is -0.351. The predicted molar refractivity (Wildman–Crippen MR) is 96.7 cm³/mol. The van der Waals surface area contributed by atoms with Crippen molar-refractivity contribution in [2.24, 2.45) is 0 Å². The highest BCUT2D eigenvalue weighted by Crippen LogP contribution is 2.30. The number of nitrogens with one attached hydrogen (secondary N) is 1. The molecule has 7 heteroatoms. The van der Waals surface area contributed by atoms with Gasteiger partial charge >= 0.3 is 0 Å². The molecule has 2 aromatic heterocycles. The molecule has 3 nitrogen and oxygen atoms in total. The molecule has 0 amide bonds. The van der Waals surface area contributed by atoms with Gasteiger partial charge in [0, 0.05) is 14.6 Å². The van der Waals surface area contributed by atoms with Gasteiger partial charge in [0.2, 0.25) is 10.0 Å². The van der Waals surface area contributed by atoms with Gasteiger partial charge in [0.1, 0.15) is 5.82 Å². The molecule has 126 valence electrons. The van der Waals surface area contributed by atoms with Crippen LogP contribution in [0.4, 0.5) is 4.39 Å². The van der Waals surface area contributed by atoms with E-state index in [1.165, 1.54) is 34.8 Å². The quantitative estimate of drug-likeness (QED) is 0.700. The number of aryl methyl sites for hydroxylation is 2. The zero-order valence-electron chi connectivity index (χ0n) is 13.1. The lowest BCUT2D eigenvalue weighted by Gasteiger charge is -2.18. The van der Waals surface area contributed by atoms with E-state index in [-0.39, 0.29) is 5.82 Å². The maximum Gasteiger partial charge on any atom is 0.242 e. The molecule has 0 spiro atoms. The molecule has 0 bridgehead atoms. The third kappa shape index (κ3) is 3.59. The lowest BCUT2D eigenvalue weighted by Crippen LogP contribution is -2.29. The van der Waals surface area contributed by atoms with Gasteiger partial charge < -0.3 is 0 Å². The molecule has 1 atom stereocenters. The molecule has 0 saturated carbocycles. The Morgan fingerprint density at radius 1 is 1.12 bits per heavy atom. The number of rotatable bonds is 5. The van der Waals surface area contributed by atoms with Crippen LogP contribution in [0, 0.1) is 19.7 Å². The van der Waals surface area contributed by atoms with E-state index in [2.05, 4.69) is 4.72 Å². The van der Waals surface area contributed by atoms with Crippen LogP contribution >= 0.6 is 22.7 Å². The molecule has 3 aromatic rings. The summed E-state index contributed by atoms with van der Waals surface area (Å²) in [6.45, 7) is 3.68. The maximum absolute atomic E-state index is 13.2.